The molecule has 1 rings (SSSR count). The molecular formula is C16H28N4O. The van der Waals surface area contributed by atoms with Crippen LogP contribution >= 0.6 is 0 Å². The Morgan fingerprint density at radius 2 is 1.71 bits per heavy atom. The van der Waals surface area contributed by atoms with Crippen LogP contribution in [0.1, 0.15) is 56.7 Å². The van der Waals surface area contributed by atoms with Gasteiger partial charge in [-0.1, -0.05) is 27.7 Å². The van der Waals surface area contributed by atoms with Crippen molar-refractivity contribution in [1.82, 2.24) is 15.3 Å². The summed E-state index contributed by atoms with van der Waals surface area (Å²) >= 11 is 0. The Morgan fingerprint density at radius 1 is 1.10 bits per heavy atom. The fourth-order valence-corrected chi connectivity index (χ4v) is 1.80. The molecule has 5 nitrogen and oxygen atoms in total. The van der Waals surface area contributed by atoms with E-state index in [1.807, 2.05) is 6.92 Å². The van der Waals surface area contributed by atoms with Gasteiger partial charge in [-0.05, 0) is 37.7 Å². The summed E-state index contributed by atoms with van der Waals surface area (Å²) in [5, 5.41) is 6.09. The molecule has 0 aliphatic heterocycles. The van der Waals surface area contributed by atoms with Gasteiger partial charge >= 0.3 is 0 Å². The van der Waals surface area contributed by atoms with Crippen molar-refractivity contribution in [3.8, 4) is 0 Å². The van der Waals surface area contributed by atoms with E-state index in [4.69, 9.17) is 0 Å². The zero-order valence-electron chi connectivity index (χ0n) is 13.9. The van der Waals surface area contributed by atoms with Crippen LogP contribution in [0.3, 0.4) is 0 Å². The quantitative estimate of drug-likeness (QED) is 0.773. The molecule has 1 heterocycles. The Labute approximate surface area is 128 Å². The van der Waals surface area contributed by atoms with Crippen LogP contribution < -0.4 is 10.6 Å². The molecule has 0 atom stereocenters. The van der Waals surface area contributed by atoms with Gasteiger partial charge in [0.15, 0.2) is 0 Å². The van der Waals surface area contributed by atoms with Gasteiger partial charge in [-0.3, -0.25) is 4.79 Å². The van der Waals surface area contributed by atoms with E-state index in [9.17, 15) is 4.79 Å². The summed E-state index contributed by atoms with van der Waals surface area (Å²) in [6.07, 6.45) is 2.02. The summed E-state index contributed by atoms with van der Waals surface area (Å²) in [4.78, 5) is 20.7. The molecule has 0 aromatic carbocycles. The van der Waals surface area contributed by atoms with E-state index in [1.54, 1.807) is 6.07 Å². The molecule has 21 heavy (non-hydrogen) atoms. The maximum Gasteiger partial charge on any atom is 0.270 e. The van der Waals surface area contributed by atoms with Crippen molar-refractivity contribution in [2.45, 2.75) is 47.5 Å². The average Bonchev–Trinajstić information content (AvgIpc) is 2.37. The van der Waals surface area contributed by atoms with E-state index in [0.717, 1.165) is 25.1 Å². The molecule has 0 aliphatic rings. The van der Waals surface area contributed by atoms with Gasteiger partial charge < -0.3 is 10.6 Å². The third-order valence-electron chi connectivity index (χ3n) is 3.10. The number of carbonyl (C=O) groups is 1. The summed E-state index contributed by atoms with van der Waals surface area (Å²) in [5.41, 5.74) is 1.23. The number of hydrogen-bond donors (Lipinski definition) is 2. The first kappa shape index (κ1) is 17.4. The van der Waals surface area contributed by atoms with Gasteiger partial charge in [0.25, 0.3) is 5.91 Å². The first-order valence-corrected chi connectivity index (χ1v) is 7.76. The molecule has 1 aromatic rings. The lowest BCUT2D eigenvalue weighted by atomic mass is 10.1. The number of nitrogens with one attached hydrogen (secondary N) is 2. The highest BCUT2D eigenvalue weighted by Crippen LogP contribution is 2.07. The predicted octanol–water partition coefficient (Wildman–Crippen LogP) is 3.02. The molecule has 5 heteroatoms. The summed E-state index contributed by atoms with van der Waals surface area (Å²) in [5.74, 6) is 1.60. The van der Waals surface area contributed by atoms with Crippen LogP contribution in [0.4, 0.5) is 5.95 Å². The molecule has 0 saturated heterocycles. The molecule has 0 bridgehead atoms. The number of amides is 1. The Hall–Kier alpha value is -1.65. The molecule has 1 aromatic heterocycles. The topological polar surface area (TPSA) is 66.9 Å². The second kappa shape index (κ2) is 8.60. The summed E-state index contributed by atoms with van der Waals surface area (Å²) in [6, 6.07) is 1.72. The molecular weight excluding hydrogens is 264 g/mol. The Morgan fingerprint density at radius 3 is 2.33 bits per heavy atom. The van der Waals surface area contributed by atoms with Crippen molar-refractivity contribution in [3.63, 3.8) is 0 Å². The Bertz CT molecular complexity index is 458. The van der Waals surface area contributed by atoms with Gasteiger partial charge in [-0.25, -0.2) is 9.97 Å². The lowest BCUT2D eigenvalue weighted by Crippen LogP contribution is -2.26. The molecule has 0 aliphatic carbocycles. The fraction of sp³-hybridized carbons (Fsp3) is 0.688. The van der Waals surface area contributed by atoms with Gasteiger partial charge in [0.05, 0.1) is 0 Å². The highest BCUT2D eigenvalue weighted by molar-refractivity contribution is 5.92. The predicted molar refractivity (Wildman–Crippen MR) is 86.5 cm³/mol. The molecule has 118 valence electrons. The minimum absolute atomic E-state index is 0.131. The highest BCUT2D eigenvalue weighted by atomic mass is 16.1. The van der Waals surface area contributed by atoms with Crippen LogP contribution in [-0.4, -0.2) is 29.0 Å². The van der Waals surface area contributed by atoms with Gasteiger partial charge in [-0.2, -0.15) is 0 Å². The molecule has 0 saturated carbocycles. The van der Waals surface area contributed by atoms with Crippen LogP contribution in [0, 0.1) is 18.8 Å². The van der Waals surface area contributed by atoms with Gasteiger partial charge in [0.1, 0.15) is 5.69 Å². The van der Waals surface area contributed by atoms with Crippen LogP contribution in [0.25, 0.3) is 0 Å². The molecule has 0 unspecified atom stereocenters. The smallest absolute Gasteiger partial charge is 0.270 e. The van der Waals surface area contributed by atoms with Crippen molar-refractivity contribution >= 4 is 11.9 Å². The van der Waals surface area contributed by atoms with Gasteiger partial charge in [-0.15, -0.1) is 0 Å². The summed E-state index contributed by atoms with van der Waals surface area (Å²) in [6.45, 7) is 12.0. The lowest BCUT2D eigenvalue weighted by molar-refractivity contribution is 0.0947. The maximum absolute atomic E-state index is 12.1. The number of anilines is 1. The van der Waals surface area contributed by atoms with E-state index in [-0.39, 0.29) is 5.91 Å². The third-order valence-corrected chi connectivity index (χ3v) is 3.10. The van der Waals surface area contributed by atoms with Crippen molar-refractivity contribution in [2.75, 3.05) is 18.4 Å². The van der Waals surface area contributed by atoms with Crippen LogP contribution in [0.5, 0.6) is 0 Å². The minimum atomic E-state index is -0.131. The molecule has 2 N–H and O–H groups in total. The van der Waals surface area contributed by atoms with Crippen molar-refractivity contribution < 1.29 is 4.79 Å². The molecule has 0 spiro atoms. The SMILES string of the molecule is Cc1cc(C(=O)NCCC(C)C)nc(NCCC(C)C)n1. The molecule has 0 fully saturated rings. The van der Waals surface area contributed by atoms with Crippen LogP contribution in [0.2, 0.25) is 0 Å². The van der Waals surface area contributed by atoms with Crippen molar-refractivity contribution in [2.24, 2.45) is 11.8 Å². The van der Waals surface area contributed by atoms with E-state index < -0.39 is 0 Å². The van der Waals surface area contributed by atoms with Gasteiger partial charge in [0.2, 0.25) is 5.95 Å². The third kappa shape index (κ3) is 7.06. The number of rotatable bonds is 8. The highest BCUT2D eigenvalue weighted by Gasteiger charge is 2.10. The fourth-order valence-electron chi connectivity index (χ4n) is 1.80. The normalized spacial score (nSPS) is 11.0. The van der Waals surface area contributed by atoms with E-state index >= 15 is 0 Å². The average molecular weight is 292 g/mol. The van der Waals surface area contributed by atoms with Gasteiger partial charge in [0, 0.05) is 18.8 Å². The van der Waals surface area contributed by atoms with Crippen molar-refractivity contribution in [3.05, 3.63) is 17.5 Å². The van der Waals surface area contributed by atoms with Crippen LogP contribution in [-0.2, 0) is 0 Å². The second-order valence-corrected chi connectivity index (χ2v) is 6.27. The number of aryl methyl sites for hydroxylation is 1. The van der Waals surface area contributed by atoms with E-state index in [0.29, 0.717) is 30.0 Å². The molecule has 0 radical (unpaired) electrons. The number of hydrogen-bond acceptors (Lipinski definition) is 4. The summed E-state index contributed by atoms with van der Waals surface area (Å²) < 4.78 is 0. The van der Waals surface area contributed by atoms with Crippen LogP contribution in [0.15, 0.2) is 6.07 Å². The standard InChI is InChI=1S/C16H28N4O/c1-11(2)6-8-17-15(21)14-10-13(5)19-16(20-14)18-9-7-12(3)4/h10-12H,6-9H2,1-5H3,(H,17,21)(H,18,19,20). The number of nitrogens with zero attached hydrogens (tertiary/aromatic N) is 2. The monoisotopic (exact) mass is 292 g/mol. The molecule has 1 amide bonds. The first-order chi connectivity index (χ1) is 9.88. The van der Waals surface area contributed by atoms with E-state index in [2.05, 4.69) is 48.3 Å². The maximum atomic E-state index is 12.1. The number of carbonyl (C=O) groups excluding carboxylic acids is 1. The Kier molecular flexibility index (Phi) is 7.12. The summed E-state index contributed by atoms with van der Waals surface area (Å²) in [7, 11) is 0. The largest absolute Gasteiger partial charge is 0.354 e. The van der Waals surface area contributed by atoms with E-state index in [1.165, 1.54) is 0 Å². The lowest BCUT2D eigenvalue weighted by Gasteiger charge is -2.10. The zero-order valence-corrected chi connectivity index (χ0v) is 13.9. The first-order valence-electron chi connectivity index (χ1n) is 7.76. The zero-order chi connectivity index (χ0) is 15.8. The Balaban J connectivity index is 2.61. The minimum Gasteiger partial charge on any atom is -0.354 e. The number of aromatic nitrogens is 2. The van der Waals surface area contributed by atoms with Crippen molar-refractivity contribution in [1.29, 1.82) is 0 Å². The second-order valence-electron chi connectivity index (χ2n) is 6.27.